The summed E-state index contributed by atoms with van der Waals surface area (Å²) < 4.78 is 10.4. The van der Waals surface area contributed by atoms with E-state index in [0.717, 1.165) is 11.1 Å². The zero-order chi connectivity index (χ0) is 17.1. The van der Waals surface area contributed by atoms with Gasteiger partial charge in [-0.1, -0.05) is 29.3 Å². The lowest BCUT2D eigenvalue weighted by Gasteiger charge is -2.02. The van der Waals surface area contributed by atoms with Crippen molar-refractivity contribution in [2.24, 2.45) is 4.99 Å². The Morgan fingerprint density at radius 2 is 1.96 bits per heavy atom. The van der Waals surface area contributed by atoms with Crippen LogP contribution < -0.4 is 4.74 Å². The molecule has 0 spiro atoms. The number of oxazole rings is 1. The summed E-state index contributed by atoms with van der Waals surface area (Å²) in [5, 5.41) is 10.4. The Labute approximate surface area is 144 Å². The van der Waals surface area contributed by atoms with Gasteiger partial charge in [0, 0.05) is 5.56 Å². The Kier molecular flexibility index (Phi) is 4.53. The Hall–Kier alpha value is -2.79. The van der Waals surface area contributed by atoms with Gasteiger partial charge in [-0.3, -0.25) is 4.99 Å². The van der Waals surface area contributed by atoms with Crippen LogP contribution in [0.2, 0.25) is 5.02 Å². The topological polar surface area (TPSA) is 67.9 Å². The van der Waals surface area contributed by atoms with Crippen LogP contribution in [0.1, 0.15) is 11.3 Å². The van der Waals surface area contributed by atoms with E-state index in [9.17, 15) is 5.11 Å². The van der Waals surface area contributed by atoms with Gasteiger partial charge in [0.25, 0.3) is 0 Å². The quantitative estimate of drug-likeness (QED) is 0.693. The maximum atomic E-state index is 9.90. The highest BCUT2D eigenvalue weighted by atomic mass is 35.5. The Morgan fingerprint density at radius 1 is 1.21 bits per heavy atom. The fourth-order valence-corrected chi connectivity index (χ4v) is 2.35. The van der Waals surface area contributed by atoms with Crippen molar-refractivity contribution in [1.29, 1.82) is 0 Å². The van der Waals surface area contributed by atoms with Crippen molar-refractivity contribution in [2.75, 3.05) is 7.11 Å². The summed E-state index contributed by atoms with van der Waals surface area (Å²) in [6, 6.07) is 12.8. The van der Waals surface area contributed by atoms with Gasteiger partial charge in [-0.15, -0.1) is 0 Å². The second-order valence-corrected chi connectivity index (χ2v) is 5.56. The molecule has 0 saturated heterocycles. The van der Waals surface area contributed by atoms with Crippen molar-refractivity contribution in [3.63, 3.8) is 0 Å². The first kappa shape index (κ1) is 16.1. The smallest absolute Gasteiger partial charge is 0.312 e. The molecule has 0 aliphatic carbocycles. The third kappa shape index (κ3) is 3.41. The van der Waals surface area contributed by atoms with Crippen molar-refractivity contribution in [1.82, 2.24) is 4.98 Å². The highest BCUT2D eigenvalue weighted by Crippen LogP contribution is 2.29. The lowest BCUT2D eigenvalue weighted by Crippen LogP contribution is -1.84. The Morgan fingerprint density at radius 3 is 2.62 bits per heavy atom. The number of nitrogens with zero attached hydrogens (tertiary/aromatic N) is 2. The second kappa shape index (κ2) is 6.76. The highest BCUT2D eigenvalue weighted by molar-refractivity contribution is 6.32. The van der Waals surface area contributed by atoms with Gasteiger partial charge in [-0.2, -0.15) is 0 Å². The van der Waals surface area contributed by atoms with Gasteiger partial charge in [0.15, 0.2) is 5.69 Å². The number of ether oxygens (including phenoxy) is 1. The highest BCUT2D eigenvalue weighted by Gasteiger charge is 2.12. The minimum Gasteiger partial charge on any atom is -0.495 e. The van der Waals surface area contributed by atoms with E-state index in [1.807, 2.05) is 31.2 Å². The standard InChI is InChI=1S/C18H15ClN2O3/c1-11-3-5-12(6-4-11)17-21-15(18(22)24-17)10-20-13-7-8-16(23-2)14(19)9-13/h3-10,22H,1-2H3. The summed E-state index contributed by atoms with van der Waals surface area (Å²) in [6.07, 6.45) is 1.43. The molecule has 3 rings (SSSR count). The molecule has 0 fully saturated rings. The molecule has 1 heterocycles. The molecule has 2 aromatic carbocycles. The normalized spacial score (nSPS) is 11.1. The monoisotopic (exact) mass is 342 g/mol. The summed E-state index contributed by atoms with van der Waals surface area (Å²) in [5.74, 6) is 0.622. The van der Waals surface area contributed by atoms with Crippen molar-refractivity contribution < 1.29 is 14.3 Å². The lowest BCUT2D eigenvalue weighted by atomic mass is 10.1. The van der Waals surface area contributed by atoms with Gasteiger partial charge in [-0.05, 0) is 37.3 Å². The predicted octanol–water partition coefficient (Wildman–Crippen LogP) is 4.77. The third-order valence-corrected chi connectivity index (χ3v) is 3.70. The number of aromatic nitrogens is 1. The molecule has 0 radical (unpaired) electrons. The van der Waals surface area contributed by atoms with Gasteiger partial charge in [-0.25, -0.2) is 4.98 Å². The largest absolute Gasteiger partial charge is 0.495 e. The van der Waals surface area contributed by atoms with Gasteiger partial charge in [0.2, 0.25) is 5.89 Å². The molecule has 0 atom stereocenters. The van der Waals surface area contributed by atoms with Crippen LogP contribution in [0.15, 0.2) is 51.9 Å². The molecular weight excluding hydrogens is 328 g/mol. The SMILES string of the molecule is COc1ccc(N=Cc2nc(-c3ccc(C)cc3)oc2O)cc1Cl. The minimum absolute atomic E-state index is 0.248. The summed E-state index contributed by atoms with van der Waals surface area (Å²) in [6.45, 7) is 1.99. The first-order valence-electron chi connectivity index (χ1n) is 7.21. The molecule has 5 nitrogen and oxygen atoms in total. The van der Waals surface area contributed by atoms with Crippen molar-refractivity contribution in [3.05, 3.63) is 58.7 Å². The third-order valence-electron chi connectivity index (χ3n) is 3.40. The average Bonchev–Trinajstić information content (AvgIpc) is 2.94. The first-order valence-corrected chi connectivity index (χ1v) is 7.59. The molecular formula is C18H15ClN2O3. The van der Waals surface area contributed by atoms with E-state index in [-0.39, 0.29) is 11.6 Å². The van der Waals surface area contributed by atoms with Crippen LogP contribution in [0.25, 0.3) is 11.5 Å². The van der Waals surface area contributed by atoms with Crippen LogP contribution in [-0.2, 0) is 0 Å². The second-order valence-electron chi connectivity index (χ2n) is 5.15. The Balaban J connectivity index is 1.85. The molecule has 1 aromatic heterocycles. The Bertz CT molecular complexity index is 886. The molecule has 0 saturated carbocycles. The van der Waals surface area contributed by atoms with E-state index in [1.165, 1.54) is 6.21 Å². The maximum Gasteiger partial charge on any atom is 0.312 e. The molecule has 24 heavy (non-hydrogen) atoms. The van der Waals surface area contributed by atoms with E-state index in [2.05, 4.69) is 9.98 Å². The van der Waals surface area contributed by atoms with E-state index >= 15 is 0 Å². The van der Waals surface area contributed by atoms with Gasteiger partial charge in [0.05, 0.1) is 24.0 Å². The fraction of sp³-hybridized carbons (Fsp3) is 0.111. The van der Waals surface area contributed by atoms with Crippen molar-refractivity contribution in [3.8, 4) is 23.1 Å². The van der Waals surface area contributed by atoms with Crippen LogP contribution in [0.5, 0.6) is 11.7 Å². The molecule has 122 valence electrons. The predicted molar refractivity (Wildman–Crippen MR) is 93.6 cm³/mol. The van der Waals surface area contributed by atoms with Crippen molar-refractivity contribution >= 4 is 23.5 Å². The maximum absolute atomic E-state index is 9.90. The van der Waals surface area contributed by atoms with Crippen LogP contribution >= 0.6 is 11.6 Å². The van der Waals surface area contributed by atoms with Gasteiger partial charge >= 0.3 is 5.95 Å². The molecule has 0 aliphatic heterocycles. The number of methoxy groups -OCH3 is 1. The average molecular weight is 343 g/mol. The first-order chi connectivity index (χ1) is 11.6. The number of benzene rings is 2. The minimum atomic E-state index is -0.283. The molecule has 0 unspecified atom stereocenters. The molecule has 0 amide bonds. The van der Waals surface area contributed by atoms with E-state index in [4.69, 9.17) is 20.8 Å². The molecule has 0 aliphatic rings. The number of aliphatic imine (C=N–C) groups is 1. The van der Waals surface area contributed by atoms with Crippen LogP contribution in [0.4, 0.5) is 5.69 Å². The lowest BCUT2D eigenvalue weighted by molar-refractivity contribution is 0.337. The summed E-state index contributed by atoms with van der Waals surface area (Å²) >= 11 is 6.06. The van der Waals surface area contributed by atoms with Crippen LogP contribution in [-0.4, -0.2) is 23.4 Å². The summed E-state index contributed by atoms with van der Waals surface area (Å²) in [4.78, 5) is 8.50. The van der Waals surface area contributed by atoms with E-state index in [0.29, 0.717) is 22.4 Å². The molecule has 6 heteroatoms. The zero-order valence-corrected chi connectivity index (χ0v) is 13.9. The van der Waals surface area contributed by atoms with Crippen molar-refractivity contribution in [2.45, 2.75) is 6.92 Å². The van der Waals surface area contributed by atoms with Gasteiger partial charge < -0.3 is 14.3 Å². The van der Waals surface area contributed by atoms with Gasteiger partial charge in [0.1, 0.15) is 5.75 Å². The summed E-state index contributed by atoms with van der Waals surface area (Å²) in [7, 11) is 1.55. The number of halogens is 1. The number of hydrogen-bond donors (Lipinski definition) is 1. The molecule has 1 N–H and O–H groups in total. The fourth-order valence-electron chi connectivity index (χ4n) is 2.10. The number of rotatable bonds is 4. The zero-order valence-electron chi connectivity index (χ0n) is 13.2. The van der Waals surface area contributed by atoms with Crippen LogP contribution in [0.3, 0.4) is 0 Å². The number of aryl methyl sites for hydroxylation is 1. The number of hydrogen-bond acceptors (Lipinski definition) is 5. The molecule has 0 bridgehead atoms. The van der Waals surface area contributed by atoms with Crippen LogP contribution in [0, 0.1) is 6.92 Å². The van der Waals surface area contributed by atoms with E-state index < -0.39 is 0 Å². The summed E-state index contributed by atoms with van der Waals surface area (Å²) in [5.41, 5.74) is 2.77. The number of aromatic hydroxyl groups is 1. The molecule has 3 aromatic rings. The van der Waals surface area contributed by atoms with E-state index in [1.54, 1.807) is 25.3 Å².